The first-order chi connectivity index (χ1) is 9.24. The highest BCUT2D eigenvalue weighted by atomic mass is 35.5. The SMILES string of the molecule is CCNCc1c(Cl)cccc1Sc1nc(CC)ns1. The lowest BCUT2D eigenvalue weighted by Gasteiger charge is -2.10. The van der Waals surface area contributed by atoms with Gasteiger partial charge in [-0.2, -0.15) is 4.37 Å². The maximum absolute atomic E-state index is 6.28. The molecule has 6 heteroatoms. The molecule has 19 heavy (non-hydrogen) atoms. The minimum atomic E-state index is 0.776. The quantitative estimate of drug-likeness (QED) is 0.874. The summed E-state index contributed by atoms with van der Waals surface area (Å²) in [5, 5.41) is 4.11. The molecule has 1 aromatic carbocycles. The number of benzene rings is 1. The van der Waals surface area contributed by atoms with E-state index in [9.17, 15) is 0 Å². The molecule has 0 saturated carbocycles. The molecule has 0 aliphatic rings. The Labute approximate surface area is 127 Å². The third kappa shape index (κ3) is 3.92. The molecule has 1 aromatic heterocycles. The number of aromatic nitrogens is 2. The Morgan fingerprint density at radius 3 is 2.89 bits per heavy atom. The van der Waals surface area contributed by atoms with Gasteiger partial charge in [-0.1, -0.05) is 43.3 Å². The lowest BCUT2D eigenvalue weighted by Crippen LogP contribution is -2.12. The van der Waals surface area contributed by atoms with E-state index < -0.39 is 0 Å². The van der Waals surface area contributed by atoms with Crippen molar-refractivity contribution in [2.75, 3.05) is 6.54 Å². The Bertz CT molecular complexity index is 542. The van der Waals surface area contributed by atoms with Crippen molar-refractivity contribution >= 4 is 34.9 Å². The summed E-state index contributed by atoms with van der Waals surface area (Å²) in [4.78, 5) is 5.63. The average molecular weight is 314 g/mol. The van der Waals surface area contributed by atoms with E-state index in [1.807, 2.05) is 12.1 Å². The lowest BCUT2D eigenvalue weighted by atomic mass is 10.2. The number of rotatable bonds is 6. The highest BCUT2D eigenvalue weighted by molar-refractivity contribution is 8.01. The number of aryl methyl sites for hydroxylation is 1. The summed E-state index contributed by atoms with van der Waals surface area (Å²) in [5.41, 5.74) is 1.13. The molecule has 1 heterocycles. The van der Waals surface area contributed by atoms with Crippen LogP contribution < -0.4 is 5.32 Å². The van der Waals surface area contributed by atoms with Crippen LogP contribution in [-0.4, -0.2) is 15.9 Å². The average Bonchev–Trinajstić information content (AvgIpc) is 2.86. The zero-order chi connectivity index (χ0) is 13.7. The second-order valence-electron chi connectivity index (χ2n) is 3.93. The van der Waals surface area contributed by atoms with E-state index in [1.54, 1.807) is 11.8 Å². The molecule has 0 spiro atoms. The highest BCUT2D eigenvalue weighted by Crippen LogP contribution is 2.34. The fourth-order valence-electron chi connectivity index (χ4n) is 1.57. The fraction of sp³-hybridized carbons (Fsp3) is 0.385. The van der Waals surface area contributed by atoms with Crippen LogP contribution in [0.3, 0.4) is 0 Å². The Hall–Kier alpha value is -0.620. The van der Waals surface area contributed by atoms with Crippen LogP contribution in [0.5, 0.6) is 0 Å². The number of hydrogen-bond donors (Lipinski definition) is 1. The van der Waals surface area contributed by atoms with Crippen molar-refractivity contribution in [3.05, 3.63) is 34.6 Å². The van der Waals surface area contributed by atoms with Gasteiger partial charge in [0, 0.05) is 22.9 Å². The second-order valence-corrected chi connectivity index (χ2v) is 6.38. The first-order valence-corrected chi connectivity index (χ1v) is 8.20. The maximum Gasteiger partial charge on any atom is 0.174 e. The van der Waals surface area contributed by atoms with E-state index in [4.69, 9.17) is 11.6 Å². The number of nitrogens with zero attached hydrogens (tertiary/aromatic N) is 2. The molecule has 2 aromatic rings. The molecule has 0 amide bonds. The van der Waals surface area contributed by atoms with Crippen LogP contribution in [0.25, 0.3) is 0 Å². The molecule has 0 radical (unpaired) electrons. The monoisotopic (exact) mass is 313 g/mol. The van der Waals surface area contributed by atoms with Gasteiger partial charge in [0.1, 0.15) is 5.82 Å². The smallest absolute Gasteiger partial charge is 0.174 e. The van der Waals surface area contributed by atoms with Crippen molar-refractivity contribution in [1.82, 2.24) is 14.7 Å². The van der Waals surface area contributed by atoms with Crippen molar-refractivity contribution in [2.45, 2.75) is 36.0 Å². The van der Waals surface area contributed by atoms with Gasteiger partial charge >= 0.3 is 0 Å². The van der Waals surface area contributed by atoms with Crippen molar-refractivity contribution in [3.8, 4) is 0 Å². The molecule has 0 aliphatic carbocycles. The molecule has 0 atom stereocenters. The molecule has 0 aliphatic heterocycles. The van der Waals surface area contributed by atoms with Gasteiger partial charge in [-0.15, -0.1) is 0 Å². The van der Waals surface area contributed by atoms with Gasteiger partial charge in [0.25, 0.3) is 0 Å². The third-order valence-electron chi connectivity index (χ3n) is 2.59. The summed E-state index contributed by atoms with van der Waals surface area (Å²) in [5.74, 6) is 0.905. The first-order valence-electron chi connectivity index (χ1n) is 6.23. The second kappa shape index (κ2) is 7.24. The van der Waals surface area contributed by atoms with Crippen molar-refractivity contribution in [2.24, 2.45) is 0 Å². The summed E-state index contributed by atoms with van der Waals surface area (Å²) in [7, 11) is 0. The summed E-state index contributed by atoms with van der Waals surface area (Å²) in [6.07, 6.45) is 0.872. The molecule has 0 fully saturated rings. The van der Waals surface area contributed by atoms with Crippen LogP contribution in [0.1, 0.15) is 25.2 Å². The van der Waals surface area contributed by atoms with E-state index in [0.29, 0.717) is 0 Å². The van der Waals surface area contributed by atoms with E-state index >= 15 is 0 Å². The van der Waals surface area contributed by atoms with Crippen molar-refractivity contribution < 1.29 is 0 Å². The van der Waals surface area contributed by atoms with E-state index in [2.05, 4.69) is 34.6 Å². The zero-order valence-corrected chi connectivity index (χ0v) is 13.3. The minimum Gasteiger partial charge on any atom is -0.313 e. The van der Waals surface area contributed by atoms with Gasteiger partial charge in [0.15, 0.2) is 4.34 Å². The molecular formula is C13H16ClN3S2. The lowest BCUT2D eigenvalue weighted by molar-refractivity contribution is 0.718. The van der Waals surface area contributed by atoms with Gasteiger partial charge in [-0.3, -0.25) is 0 Å². The van der Waals surface area contributed by atoms with Crippen LogP contribution >= 0.6 is 34.9 Å². The largest absolute Gasteiger partial charge is 0.313 e. The molecular weight excluding hydrogens is 298 g/mol. The van der Waals surface area contributed by atoms with Gasteiger partial charge in [0.2, 0.25) is 0 Å². The maximum atomic E-state index is 6.28. The summed E-state index contributed by atoms with van der Waals surface area (Å²) in [6, 6.07) is 5.98. The van der Waals surface area contributed by atoms with E-state index in [0.717, 1.165) is 45.2 Å². The standard InChI is InChI=1S/C13H16ClN3S2/c1-3-12-16-13(19-17-12)18-11-7-5-6-10(14)9(11)8-15-4-2/h5-7,15H,3-4,8H2,1-2H3. The molecule has 0 bridgehead atoms. The van der Waals surface area contributed by atoms with Crippen LogP contribution in [0, 0.1) is 0 Å². The summed E-state index contributed by atoms with van der Waals surface area (Å²) in [6.45, 7) is 5.85. The number of nitrogens with one attached hydrogen (secondary N) is 1. The molecule has 102 valence electrons. The Morgan fingerprint density at radius 2 is 2.21 bits per heavy atom. The number of halogens is 1. The minimum absolute atomic E-state index is 0.776. The van der Waals surface area contributed by atoms with Gasteiger partial charge in [0.05, 0.1) is 0 Å². The Kier molecular flexibility index (Phi) is 5.63. The predicted molar refractivity (Wildman–Crippen MR) is 82.2 cm³/mol. The summed E-state index contributed by atoms with van der Waals surface area (Å²) >= 11 is 9.36. The summed E-state index contributed by atoms with van der Waals surface area (Å²) < 4.78 is 5.28. The van der Waals surface area contributed by atoms with Gasteiger partial charge in [-0.25, -0.2) is 4.98 Å². The van der Waals surface area contributed by atoms with Gasteiger partial charge in [-0.05, 0) is 35.8 Å². The van der Waals surface area contributed by atoms with Crippen molar-refractivity contribution in [1.29, 1.82) is 0 Å². The van der Waals surface area contributed by atoms with E-state index in [1.165, 1.54) is 11.5 Å². The Balaban J connectivity index is 2.21. The first kappa shape index (κ1) is 14.8. The normalized spacial score (nSPS) is 10.9. The third-order valence-corrected chi connectivity index (χ3v) is 4.84. The Morgan fingerprint density at radius 1 is 1.37 bits per heavy atom. The molecule has 0 unspecified atom stereocenters. The predicted octanol–water partition coefficient (Wildman–Crippen LogP) is 4.01. The number of hydrogen-bond acceptors (Lipinski definition) is 5. The van der Waals surface area contributed by atoms with Crippen LogP contribution in [0.4, 0.5) is 0 Å². The van der Waals surface area contributed by atoms with Gasteiger partial charge < -0.3 is 5.32 Å². The zero-order valence-electron chi connectivity index (χ0n) is 10.9. The van der Waals surface area contributed by atoms with Crippen LogP contribution in [-0.2, 0) is 13.0 Å². The topological polar surface area (TPSA) is 37.8 Å². The highest BCUT2D eigenvalue weighted by Gasteiger charge is 2.11. The molecule has 2 rings (SSSR count). The molecule has 3 nitrogen and oxygen atoms in total. The molecule has 1 N–H and O–H groups in total. The van der Waals surface area contributed by atoms with E-state index in [-0.39, 0.29) is 0 Å². The fourth-order valence-corrected chi connectivity index (χ4v) is 3.69. The van der Waals surface area contributed by atoms with Crippen LogP contribution in [0.15, 0.2) is 27.4 Å². The van der Waals surface area contributed by atoms with Crippen LogP contribution in [0.2, 0.25) is 5.02 Å². The van der Waals surface area contributed by atoms with Crippen molar-refractivity contribution in [3.63, 3.8) is 0 Å². The molecule has 0 saturated heterocycles.